The maximum Gasteiger partial charge on any atom is 0.241 e. The summed E-state index contributed by atoms with van der Waals surface area (Å²) in [5.74, 6) is -0.293. The summed E-state index contributed by atoms with van der Waals surface area (Å²) < 4.78 is 21.2. The van der Waals surface area contributed by atoms with Crippen LogP contribution in [0.25, 0.3) is 5.65 Å². The topological polar surface area (TPSA) is 78.2 Å². The lowest BCUT2D eigenvalue weighted by Gasteiger charge is -2.43. The van der Waals surface area contributed by atoms with Crippen LogP contribution in [0, 0.1) is 5.82 Å². The maximum atomic E-state index is 14.1. The first-order valence-corrected chi connectivity index (χ1v) is 14.9. The van der Waals surface area contributed by atoms with Crippen molar-refractivity contribution < 1.29 is 13.9 Å². The normalized spacial score (nSPS) is 25.1. The van der Waals surface area contributed by atoms with E-state index in [2.05, 4.69) is 59.0 Å². The number of morpholine rings is 1. The number of pyridine rings is 1. The molecule has 220 valence electrons. The van der Waals surface area contributed by atoms with Gasteiger partial charge in [-0.05, 0) is 37.6 Å². The third-order valence-electron chi connectivity index (χ3n) is 8.80. The molecule has 1 amide bonds. The molecule has 1 N–H and O–H groups in total. The van der Waals surface area contributed by atoms with E-state index in [4.69, 9.17) is 16.3 Å². The molecule has 11 heteroatoms. The summed E-state index contributed by atoms with van der Waals surface area (Å²) in [4.78, 5) is 25.4. The Balaban J connectivity index is 1.29. The number of carbonyl (C=O) groups is 1. The van der Waals surface area contributed by atoms with E-state index in [0.717, 1.165) is 67.5 Å². The fraction of sp³-hybridized carbons (Fsp3) is 0.567. The predicted molar refractivity (Wildman–Crippen MR) is 157 cm³/mol. The van der Waals surface area contributed by atoms with Gasteiger partial charge in [-0.3, -0.25) is 14.6 Å². The number of piperazine rings is 1. The molecule has 2 saturated heterocycles. The van der Waals surface area contributed by atoms with Crippen molar-refractivity contribution in [1.29, 1.82) is 0 Å². The van der Waals surface area contributed by atoms with E-state index in [9.17, 15) is 9.18 Å². The second-order valence-corrected chi connectivity index (χ2v) is 12.9. The van der Waals surface area contributed by atoms with Crippen molar-refractivity contribution in [1.82, 2.24) is 29.7 Å². The SMILES string of the molecule is C[C@@H]1CN(CC(=O)N2CC(C)(C)c3c2cc(Cc2ccc(F)cc2Cl)c2ncnn32)[C@@H](CN2CCOC[C@H]2C)CN1. The van der Waals surface area contributed by atoms with Gasteiger partial charge in [0.15, 0.2) is 5.65 Å². The molecule has 0 unspecified atom stereocenters. The molecule has 1 aromatic carbocycles. The molecule has 0 saturated carbocycles. The summed E-state index contributed by atoms with van der Waals surface area (Å²) in [6, 6.07) is 7.41. The summed E-state index contributed by atoms with van der Waals surface area (Å²) >= 11 is 6.39. The highest BCUT2D eigenvalue weighted by Crippen LogP contribution is 2.42. The van der Waals surface area contributed by atoms with Crippen LogP contribution >= 0.6 is 11.6 Å². The number of anilines is 1. The van der Waals surface area contributed by atoms with Crippen LogP contribution in [0.15, 0.2) is 30.6 Å². The van der Waals surface area contributed by atoms with Gasteiger partial charge in [0.1, 0.15) is 12.1 Å². The van der Waals surface area contributed by atoms with Gasteiger partial charge >= 0.3 is 0 Å². The highest BCUT2D eigenvalue weighted by molar-refractivity contribution is 6.31. The lowest BCUT2D eigenvalue weighted by atomic mass is 9.90. The van der Waals surface area contributed by atoms with E-state index in [0.29, 0.717) is 36.6 Å². The van der Waals surface area contributed by atoms with Gasteiger partial charge in [-0.1, -0.05) is 31.5 Å². The monoisotopic (exact) mass is 583 g/mol. The molecule has 0 bridgehead atoms. The number of benzene rings is 1. The number of amides is 1. The van der Waals surface area contributed by atoms with E-state index in [1.807, 2.05) is 9.42 Å². The molecule has 41 heavy (non-hydrogen) atoms. The summed E-state index contributed by atoms with van der Waals surface area (Å²) in [6.45, 7) is 14.6. The van der Waals surface area contributed by atoms with Crippen LogP contribution in [0.1, 0.15) is 44.5 Å². The first-order chi connectivity index (χ1) is 19.6. The fourth-order valence-electron chi connectivity index (χ4n) is 6.62. The van der Waals surface area contributed by atoms with Gasteiger partial charge in [-0.2, -0.15) is 5.10 Å². The summed E-state index contributed by atoms with van der Waals surface area (Å²) in [6.07, 6.45) is 2.00. The number of hydrogen-bond donors (Lipinski definition) is 1. The summed E-state index contributed by atoms with van der Waals surface area (Å²) in [5, 5.41) is 8.55. The first-order valence-electron chi connectivity index (χ1n) is 14.5. The van der Waals surface area contributed by atoms with Gasteiger partial charge < -0.3 is 15.0 Å². The predicted octanol–water partition coefficient (Wildman–Crippen LogP) is 3.12. The quantitative estimate of drug-likeness (QED) is 0.478. The zero-order chi connectivity index (χ0) is 28.9. The first kappa shape index (κ1) is 28.5. The van der Waals surface area contributed by atoms with Crippen molar-refractivity contribution in [3.05, 3.63) is 58.3 Å². The van der Waals surface area contributed by atoms with E-state index in [-0.39, 0.29) is 23.2 Å². The van der Waals surface area contributed by atoms with Crippen molar-refractivity contribution in [3.8, 4) is 0 Å². The highest BCUT2D eigenvalue weighted by Gasteiger charge is 2.42. The number of hydrogen-bond acceptors (Lipinski definition) is 7. The van der Waals surface area contributed by atoms with Gasteiger partial charge in [0.2, 0.25) is 5.91 Å². The molecular formula is C30H39ClFN7O2. The number of rotatable bonds is 6. The van der Waals surface area contributed by atoms with Gasteiger partial charge in [0.05, 0.1) is 31.1 Å². The lowest BCUT2D eigenvalue weighted by molar-refractivity contribution is -0.121. The van der Waals surface area contributed by atoms with Crippen molar-refractivity contribution in [3.63, 3.8) is 0 Å². The van der Waals surface area contributed by atoms with Crippen LogP contribution in [0.2, 0.25) is 5.02 Å². The average molecular weight is 584 g/mol. The van der Waals surface area contributed by atoms with Crippen LogP contribution in [0.5, 0.6) is 0 Å². The van der Waals surface area contributed by atoms with Crippen LogP contribution in [0.4, 0.5) is 10.1 Å². The summed E-state index contributed by atoms with van der Waals surface area (Å²) in [5.41, 5.74) is 3.92. The van der Waals surface area contributed by atoms with E-state index in [1.54, 1.807) is 12.4 Å². The molecule has 3 aliphatic heterocycles. The zero-order valence-electron chi connectivity index (χ0n) is 24.2. The second kappa shape index (κ2) is 11.2. The molecule has 9 nitrogen and oxygen atoms in total. The summed E-state index contributed by atoms with van der Waals surface area (Å²) in [7, 11) is 0. The fourth-order valence-corrected chi connectivity index (χ4v) is 6.85. The molecule has 0 aliphatic carbocycles. The Morgan fingerprint density at radius 2 is 2.05 bits per heavy atom. The largest absolute Gasteiger partial charge is 0.379 e. The Morgan fingerprint density at radius 1 is 1.22 bits per heavy atom. The second-order valence-electron chi connectivity index (χ2n) is 12.5. The maximum absolute atomic E-state index is 14.1. The number of aromatic nitrogens is 3. The Hall–Kier alpha value is -2.63. The van der Waals surface area contributed by atoms with Crippen molar-refractivity contribution in [2.45, 2.75) is 57.7 Å². The van der Waals surface area contributed by atoms with E-state index < -0.39 is 0 Å². The molecule has 5 heterocycles. The molecule has 6 rings (SSSR count). The molecular weight excluding hydrogens is 545 g/mol. The standard InChI is InChI=1S/C30H39ClFN7O2/c1-19-13-37(24(12-33-19)14-36-7-8-41-16-20(36)2)15-27(40)38-17-30(3,4)28-26(38)10-22(29-34-18-35-39(28)29)9-21-5-6-23(32)11-25(21)31/h5-6,10-11,18-20,24,33H,7-9,12-17H2,1-4H3/t19-,20-,24-/m1/s1. The van der Waals surface area contributed by atoms with Crippen LogP contribution in [0.3, 0.4) is 0 Å². The lowest BCUT2D eigenvalue weighted by Crippen LogP contribution is -2.62. The van der Waals surface area contributed by atoms with Crippen molar-refractivity contribution >= 4 is 28.8 Å². The third-order valence-corrected chi connectivity index (χ3v) is 9.15. The minimum Gasteiger partial charge on any atom is -0.379 e. The Morgan fingerprint density at radius 3 is 2.83 bits per heavy atom. The number of fused-ring (bicyclic) bond motifs is 3. The average Bonchev–Trinajstić information content (AvgIpc) is 3.51. The Kier molecular flexibility index (Phi) is 7.80. The Bertz CT molecular complexity index is 1450. The van der Waals surface area contributed by atoms with Crippen molar-refractivity contribution in [2.75, 3.05) is 57.4 Å². The Labute approximate surface area is 245 Å². The van der Waals surface area contributed by atoms with Crippen LogP contribution in [-0.4, -0.2) is 101 Å². The zero-order valence-corrected chi connectivity index (χ0v) is 25.0. The minimum atomic E-state index is -0.373. The van der Waals surface area contributed by atoms with Crippen LogP contribution in [-0.2, 0) is 21.4 Å². The molecule has 0 radical (unpaired) electrons. The van der Waals surface area contributed by atoms with Crippen molar-refractivity contribution in [2.24, 2.45) is 0 Å². The molecule has 0 spiro atoms. The number of carbonyl (C=O) groups excluding carboxylic acids is 1. The molecule has 3 atom stereocenters. The van der Waals surface area contributed by atoms with Gasteiger partial charge in [0, 0.05) is 73.3 Å². The molecule has 3 aromatic rings. The van der Waals surface area contributed by atoms with E-state index in [1.165, 1.54) is 12.1 Å². The smallest absolute Gasteiger partial charge is 0.241 e. The minimum absolute atomic E-state index is 0.0798. The number of ether oxygens (including phenoxy) is 1. The van der Waals surface area contributed by atoms with Crippen LogP contribution < -0.4 is 10.2 Å². The number of nitrogens with zero attached hydrogens (tertiary/aromatic N) is 6. The molecule has 3 aliphatic rings. The molecule has 2 aromatic heterocycles. The van der Waals surface area contributed by atoms with Gasteiger partial charge in [-0.25, -0.2) is 13.9 Å². The highest BCUT2D eigenvalue weighted by atomic mass is 35.5. The van der Waals surface area contributed by atoms with Gasteiger partial charge in [0.25, 0.3) is 0 Å². The third kappa shape index (κ3) is 5.60. The number of halogens is 2. The number of nitrogens with one attached hydrogen (secondary N) is 1. The van der Waals surface area contributed by atoms with E-state index >= 15 is 0 Å². The van der Waals surface area contributed by atoms with Gasteiger partial charge in [-0.15, -0.1) is 0 Å². The molecule has 2 fully saturated rings.